The van der Waals surface area contributed by atoms with Crippen molar-refractivity contribution in [2.75, 3.05) is 0 Å². The van der Waals surface area contributed by atoms with Gasteiger partial charge in [-0.25, -0.2) is 0 Å². The number of hydrogen-bond donors (Lipinski definition) is 0. The molecule has 130 valence electrons. The topological polar surface area (TPSA) is 53.2 Å². The average Bonchev–Trinajstić information content (AvgIpc) is 3.04. The van der Waals surface area contributed by atoms with Gasteiger partial charge in [0.2, 0.25) is 0 Å². The number of carbonyl (C=O) groups excluding carboxylic acids is 1. The molecule has 0 radical (unpaired) electrons. The van der Waals surface area contributed by atoms with E-state index in [4.69, 9.17) is 4.99 Å². The van der Waals surface area contributed by atoms with Crippen molar-refractivity contribution in [2.45, 2.75) is 17.7 Å². The normalized spacial score (nSPS) is 18.5. The molecule has 3 aliphatic rings. The van der Waals surface area contributed by atoms with Crippen molar-refractivity contribution in [2.24, 2.45) is 4.99 Å². The van der Waals surface area contributed by atoms with Crippen molar-refractivity contribution in [1.82, 2.24) is 0 Å². The van der Waals surface area contributed by atoms with Crippen molar-refractivity contribution < 1.29 is 4.79 Å². The molecular formula is C23H16N2OS. The molecule has 1 aromatic carbocycles. The van der Waals surface area contributed by atoms with Crippen molar-refractivity contribution in [3.63, 3.8) is 0 Å². The van der Waals surface area contributed by atoms with Crippen LogP contribution in [0.3, 0.4) is 0 Å². The van der Waals surface area contributed by atoms with E-state index in [-0.39, 0.29) is 0 Å². The molecule has 0 saturated heterocycles. The third-order valence-electron chi connectivity index (χ3n) is 4.46. The predicted octanol–water partition coefficient (Wildman–Crippen LogP) is 5.21. The fourth-order valence-corrected chi connectivity index (χ4v) is 4.24. The fraction of sp³-hybridized carbons (Fsp3) is 0.0870. The Hall–Kier alpha value is -3.16. The average molecular weight is 368 g/mol. The predicted molar refractivity (Wildman–Crippen MR) is 109 cm³/mol. The summed E-state index contributed by atoms with van der Waals surface area (Å²) in [5.74, 6) is 0. The molecule has 0 saturated carbocycles. The lowest BCUT2D eigenvalue weighted by Crippen LogP contribution is -2.10. The minimum Gasteiger partial charge on any atom is -0.298 e. The Kier molecular flexibility index (Phi) is 4.86. The Morgan fingerprint density at radius 3 is 2.78 bits per heavy atom. The molecule has 3 nitrogen and oxygen atoms in total. The summed E-state index contributed by atoms with van der Waals surface area (Å²) in [7, 11) is 0. The zero-order valence-electron chi connectivity index (χ0n) is 14.6. The molecule has 1 aromatic rings. The summed E-state index contributed by atoms with van der Waals surface area (Å²) < 4.78 is 0. The third kappa shape index (κ3) is 3.69. The number of nitrogens with zero attached hydrogens (tertiary/aromatic N) is 2. The summed E-state index contributed by atoms with van der Waals surface area (Å²) in [5.41, 5.74) is 5.08. The highest BCUT2D eigenvalue weighted by atomic mass is 32.2. The van der Waals surface area contributed by atoms with Gasteiger partial charge in [0.1, 0.15) is 6.29 Å². The maximum Gasteiger partial charge on any atom is 0.150 e. The monoisotopic (exact) mass is 368 g/mol. The Balaban J connectivity index is 1.91. The van der Waals surface area contributed by atoms with Crippen LogP contribution in [0.25, 0.3) is 0 Å². The van der Waals surface area contributed by atoms with Crippen LogP contribution in [0.2, 0.25) is 0 Å². The Morgan fingerprint density at radius 1 is 1.07 bits per heavy atom. The molecular weight excluding hydrogens is 352 g/mol. The van der Waals surface area contributed by atoms with Crippen LogP contribution in [0, 0.1) is 11.3 Å². The molecule has 1 heterocycles. The van der Waals surface area contributed by atoms with E-state index in [9.17, 15) is 10.1 Å². The first-order valence-corrected chi connectivity index (χ1v) is 9.48. The number of aldehydes is 1. The van der Waals surface area contributed by atoms with Crippen LogP contribution in [0.5, 0.6) is 0 Å². The van der Waals surface area contributed by atoms with E-state index in [2.05, 4.69) is 18.2 Å². The highest BCUT2D eigenvalue weighted by Crippen LogP contribution is 2.39. The van der Waals surface area contributed by atoms with E-state index in [1.54, 1.807) is 11.8 Å². The van der Waals surface area contributed by atoms with Crippen molar-refractivity contribution >= 4 is 23.8 Å². The van der Waals surface area contributed by atoms with Gasteiger partial charge in [-0.05, 0) is 28.7 Å². The number of aliphatic imine (C=N–C) groups is 1. The summed E-state index contributed by atoms with van der Waals surface area (Å²) in [6, 6.07) is 10.5. The van der Waals surface area contributed by atoms with Crippen molar-refractivity contribution in [3.8, 4) is 6.07 Å². The molecule has 0 fully saturated rings. The summed E-state index contributed by atoms with van der Waals surface area (Å²) in [4.78, 5) is 18.6. The van der Waals surface area contributed by atoms with Crippen LogP contribution in [-0.4, -0.2) is 12.0 Å². The Labute approximate surface area is 162 Å². The first kappa shape index (κ1) is 17.3. The number of benzene rings is 1. The summed E-state index contributed by atoms with van der Waals surface area (Å²) in [6.45, 7) is 0. The summed E-state index contributed by atoms with van der Waals surface area (Å²) in [5, 5.41) is 9.39. The lowest BCUT2D eigenvalue weighted by molar-refractivity contribution is -0.104. The Bertz CT molecular complexity index is 1070. The molecule has 0 aromatic heterocycles. The highest BCUT2D eigenvalue weighted by Gasteiger charge is 2.21. The minimum atomic E-state index is 0.535. The van der Waals surface area contributed by atoms with E-state index in [1.807, 2.05) is 54.7 Å². The SMILES string of the molecule is N#CC1=CC=CC=C(C2=NC3=CC(C=O)=CC=C(C3)Sc3ccccc32)C1. The van der Waals surface area contributed by atoms with Crippen LogP contribution < -0.4 is 0 Å². The molecule has 0 unspecified atom stereocenters. The second-order valence-electron chi connectivity index (χ2n) is 6.35. The van der Waals surface area contributed by atoms with Crippen LogP contribution in [0.4, 0.5) is 0 Å². The molecule has 1 aliphatic heterocycles. The van der Waals surface area contributed by atoms with Gasteiger partial charge in [-0.1, -0.05) is 60.3 Å². The van der Waals surface area contributed by atoms with Crippen LogP contribution in [-0.2, 0) is 4.79 Å². The van der Waals surface area contributed by atoms with E-state index < -0.39 is 0 Å². The summed E-state index contributed by atoms with van der Waals surface area (Å²) in [6.07, 6.45) is 15.4. The van der Waals surface area contributed by atoms with Gasteiger partial charge in [0, 0.05) is 40.1 Å². The van der Waals surface area contributed by atoms with Crippen LogP contribution in [0.1, 0.15) is 18.4 Å². The van der Waals surface area contributed by atoms with Crippen LogP contribution >= 0.6 is 11.8 Å². The first-order valence-electron chi connectivity index (χ1n) is 8.66. The second kappa shape index (κ2) is 7.61. The first-order chi connectivity index (χ1) is 13.3. The quantitative estimate of drug-likeness (QED) is 0.673. The molecule has 0 amide bonds. The molecule has 27 heavy (non-hydrogen) atoms. The maximum atomic E-state index is 11.3. The largest absolute Gasteiger partial charge is 0.298 e. The van der Waals surface area contributed by atoms with Crippen LogP contribution in [0.15, 0.2) is 104 Å². The lowest BCUT2D eigenvalue weighted by Gasteiger charge is -2.19. The standard InChI is InChI=1S/C23H16N2OS/c24-14-16-5-1-2-6-18(11-16)23-21-7-3-4-8-22(21)27-20-10-9-17(15-26)12-19(13-20)25-23/h1-10,12,15H,11,13H2. The Morgan fingerprint density at radius 2 is 1.93 bits per heavy atom. The van der Waals surface area contributed by atoms with E-state index in [0.717, 1.165) is 38.6 Å². The number of fused-ring (bicyclic) bond motifs is 3. The fourth-order valence-electron chi connectivity index (χ4n) is 3.18. The van der Waals surface area contributed by atoms with E-state index >= 15 is 0 Å². The number of carbonyl (C=O) groups is 1. The van der Waals surface area contributed by atoms with Gasteiger partial charge in [0.25, 0.3) is 0 Å². The van der Waals surface area contributed by atoms with Gasteiger partial charge in [-0.15, -0.1) is 0 Å². The van der Waals surface area contributed by atoms with Gasteiger partial charge in [0.15, 0.2) is 0 Å². The molecule has 2 aliphatic carbocycles. The highest BCUT2D eigenvalue weighted by molar-refractivity contribution is 8.03. The zero-order chi connectivity index (χ0) is 18.6. The van der Waals surface area contributed by atoms with Crippen molar-refractivity contribution in [3.05, 3.63) is 99.7 Å². The van der Waals surface area contributed by atoms with Gasteiger partial charge in [-0.2, -0.15) is 5.26 Å². The van der Waals surface area contributed by atoms with Gasteiger partial charge in [-0.3, -0.25) is 9.79 Å². The van der Waals surface area contributed by atoms with Crippen molar-refractivity contribution in [1.29, 1.82) is 5.26 Å². The number of hydrogen-bond acceptors (Lipinski definition) is 4. The van der Waals surface area contributed by atoms with E-state index in [0.29, 0.717) is 24.0 Å². The molecule has 4 rings (SSSR count). The smallest absolute Gasteiger partial charge is 0.150 e. The molecule has 0 atom stereocenters. The second-order valence-corrected chi connectivity index (χ2v) is 7.51. The molecule has 0 spiro atoms. The number of thioether (sulfide) groups is 1. The van der Waals surface area contributed by atoms with Gasteiger partial charge >= 0.3 is 0 Å². The molecule has 2 bridgehead atoms. The molecule has 0 N–H and O–H groups in total. The third-order valence-corrected chi connectivity index (χ3v) is 5.58. The lowest BCUT2D eigenvalue weighted by atomic mass is 9.96. The van der Waals surface area contributed by atoms with E-state index in [1.165, 1.54) is 0 Å². The maximum absolute atomic E-state index is 11.3. The van der Waals surface area contributed by atoms with Gasteiger partial charge in [0.05, 0.1) is 11.8 Å². The van der Waals surface area contributed by atoms with Gasteiger partial charge < -0.3 is 0 Å². The number of rotatable bonds is 2. The minimum absolute atomic E-state index is 0.535. The molecule has 4 heteroatoms. The summed E-state index contributed by atoms with van der Waals surface area (Å²) >= 11 is 1.71. The number of nitriles is 1. The zero-order valence-corrected chi connectivity index (χ0v) is 15.4. The number of allylic oxidation sites excluding steroid dienone is 11.